The fraction of sp³-hybridized carbons (Fsp3) is 0.571. The molecule has 0 aromatic carbocycles. The van der Waals surface area contributed by atoms with Crippen LogP contribution < -0.4 is 0 Å². The molecular formula is C7H12OS. The normalized spacial score (nSPS) is 8.56. The predicted molar refractivity (Wildman–Crippen MR) is 43.7 cm³/mol. The third kappa shape index (κ3) is 5.50. The summed E-state index contributed by atoms with van der Waals surface area (Å²) in [4.78, 5) is 0. The number of hydrogen-bond donors (Lipinski definition) is 0. The molecule has 52 valence electrons. The van der Waals surface area contributed by atoms with Crippen LogP contribution in [-0.4, -0.2) is 11.7 Å². The lowest BCUT2D eigenvalue weighted by molar-refractivity contribution is 0.349. The minimum Gasteiger partial charge on any atom is -0.483 e. The molecule has 0 saturated carbocycles. The Bertz CT molecular complexity index is 99.1. The molecule has 0 unspecified atom stereocenters. The Labute approximate surface area is 61.7 Å². The van der Waals surface area contributed by atoms with E-state index in [1.807, 2.05) is 0 Å². The van der Waals surface area contributed by atoms with Crippen molar-refractivity contribution in [3.8, 4) is 0 Å². The van der Waals surface area contributed by atoms with Crippen molar-refractivity contribution in [1.29, 1.82) is 0 Å². The van der Waals surface area contributed by atoms with E-state index in [0.29, 0.717) is 11.7 Å². The van der Waals surface area contributed by atoms with E-state index in [9.17, 15) is 0 Å². The van der Waals surface area contributed by atoms with Crippen LogP contribution in [0.3, 0.4) is 0 Å². The SMILES string of the molecule is C=CCOC(=S)CCC. The van der Waals surface area contributed by atoms with Crippen molar-refractivity contribution in [2.24, 2.45) is 0 Å². The second-order valence-electron chi connectivity index (χ2n) is 1.72. The number of thiocarbonyl (C=S) groups is 1. The summed E-state index contributed by atoms with van der Waals surface area (Å²) >= 11 is 4.85. The Morgan fingerprint density at radius 2 is 2.44 bits per heavy atom. The van der Waals surface area contributed by atoms with E-state index >= 15 is 0 Å². The van der Waals surface area contributed by atoms with Gasteiger partial charge in [0.05, 0.1) is 0 Å². The van der Waals surface area contributed by atoms with Crippen LogP contribution in [0.5, 0.6) is 0 Å². The quantitative estimate of drug-likeness (QED) is 0.442. The lowest BCUT2D eigenvalue weighted by atomic mass is 10.4. The molecule has 1 nitrogen and oxygen atoms in total. The Kier molecular flexibility index (Phi) is 5.52. The van der Waals surface area contributed by atoms with Crippen LogP contribution in [0.4, 0.5) is 0 Å². The molecule has 0 spiro atoms. The second kappa shape index (κ2) is 5.76. The molecule has 0 amide bonds. The monoisotopic (exact) mass is 144 g/mol. The molecular weight excluding hydrogens is 132 g/mol. The fourth-order valence-corrected chi connectivity index (χ4v) is 0.700. The van der Waals surface area contributed by atoms with Crippen LogP contribution in [0.25, 0.3) is 0 Å². The first kappa shape index (κ1) is 8.63. The van der Waals surface area contributed by atoms with Gasteiger partial charge < -0.3 is 4.74 Å². The molecule has 2 heteroatoms. The molecule has 0 rings (SSSR count). The van der Waals surface area contributed by atoms with Gasteiger partial charge in [0.25, 0.3) is 0 Å². The van der Waals surface area contributed by atoms with Gasteiger partial charge in [-0.3, -0.25) is 0 Å². The van der Waals surface area contributed by atoms with Crippen LogP contribution in [-0.2, 0) is 4.74 Å². The fourth-order valence-electron chi connectivity index (χ4n) is 0.428. The molecule has 9 heavy (non-hydrogen) atoms. The smallest absolute Gasteiger partial charge is 0.160 e. The molecule has 0 N–H and O–H groups in total. The maximum Gasteiger partial charge on any atom is 0.160 e. The van der Waals surface area contributed by atoms with Crippen molar-refractivity contribution in [3.05, 3.63) is 12.7 Å². The topological polar surface area (TPSA) is 9.23 Å². The first-order valence-corrected chi connectivity index (χ1v) is 3.48. The Morgan fingerprint density at radius 1 is 1.78 bits per heavy atom. The van der Waals surface area contributed by atoms with E-state index in [1.54, 1.807) is 6.08 Å². The zero-order valence-corrected chi connectivity index (χ0v) is 6.54. The van der Waals surface area contributed by atoms with Crippen molar-refractivity contribution >= 4 is 17.3 Å². The zero-order chi connectivity index (χ0) is 7.11. The summed E-state index contributed by atoms with van der Waals surface area (Å²) in [6.45, 7) is 6.12. The van der Waals surface area contributed by atoms with E-state index in [-0.39, 0.29) is 0 Å². The van der Waals surface area contributed by atoms with E-state index in [2.05, 4.69) is 13.5 Å². The van der Waals surface area contributed by atoms with Gasteiger partial charge >= 0.3 is 0 Å². The molecule has 0 radical (unpaired) electrons. The van der Waals surface area contributed by atoms with Crippen molar-refractivity contribution in [2.45, 2.75) is 19.8 Å². The first-order chi connectivity index (χ1) is 4.31. The molecule has 0 aromatic heterocycles. The van der Waals surface area contributed by atoms with Gasteiger partial charge in [-0.2, -0.15) is 0 Å². The summed E-state index contributed by atoms with van der Waals surface area (Å²) in [6.07, 6.45) is 3.63. The van der Waals surface area contributed by atoms with Gasteiger partial charge in [-0.05, 0) is 18.6 Å². The van der Waals surface area contributed by atoms with Crippen LogP contribution in [0, 0.1) is 0 Å². The highest BCUT2D eigenvalue weighted by molar-refractivity contribution is 7.80. The van der Waals surface area contributed by atoms with Crippen molar-refractivity contribution < 1.29 is 4.74 Å². The van der Waals surface area contributed by atoms with Gasteiger partial charge in [-0.15, -0.1) is 0 Å². The maximum absolute atomic E-state index is 5.04. The average molecular weight is 144 g/mol. The highest BCUT2D eigenvalue weighted by Crippen LogP contribution is 1.93. The van der Waals surface area contributed by atoms with Crippen molar-refractivity contribution in [2.75, 3.05) is 6.61 Å². The summed E-state index contributed by atoms with van der Waals surface area (Å²) in [5.74, 6) is 0. The second-order valence-corrected chi connectivity index (χ2v) is 2.18. The van der Waals surface area contributed by atoms with Gasteiger partial charge in [-0.25, -0.2) is 0 Å². The molecule has 0 heterocycles. The predicted octanol–water partition coefficient (Wildman–Crippen LogP) is 2.32. The van der Waals surface area contributed by atoms with E-state index in [4.69, 9.17) is 17.0 Å². The molecule has 0 aliphatic rings. The summed E-state index contributed by atoms with van der Waals surface area (Å²) in [7, 11) is 0. The minimum atomic E-state index is 0.541. The molecule has 0 atom stereocenters. The summed E-state index contributed by atoms with van der Waals surface area (Å²) in [6, 6.07) is 0. The summed E-state index contributed by atoms with van der Waals surface area (Å²) < 4.78 is 5.04. The van der Waals surface area contributed by atoms with Gasteiger partial charge in [0.2, 0.25) is 0 Å². The highest BCUT2D eigenvalue weighted by atomic mass is 32.1. The van der Waals surface area contributed by atoms with Gasteiger partial charge in [0.1, 0.15) is 6.61 Å². The van der Waals surface area contributed by atoms with E-state index in [0.717, 1.165) is 12.8 Å². The number of rotatable bonds is 4. The first-order valence-electron chi connectivity index (χ1n) is 3.07. The summed E-state index contributed by atoms with van der Waals surface area (Å²) in [5, 5.41) is 0.692. The van der Waals surface area contributed by atoms with Crippen LogP contribution in [0.2, 0.25) is 0 Å². The van der Waals surface area contributed by atoms with Crippen LogP contribution in [0.15, 0.2) is 12.7 Å². The molecule has 0 fully saturated rings. The lowest BCUT2D eigenvalue weighted by Gasteiger charge is -2.00. The largest absolute Gasteiger partial charge is 0.483 e. The summed E-state index contributed by atoms with van der Waals surface area (Å²) in [5.41, 5.74) is 0. The maximum atomic E-state index is 5.04. The molecule has 0 aliphatic heterocycles. The molecule has 0 aromatic rings. The third-order valence-corrected chi connectivity index (χ3v) is 1.14. The van der Waals surface area contributed by atoms with Gasteiger partial charge in [-0.1, -0.05) is 19.6 Å². The van der Waals surface area contributed by atoms with Gasteiger partial charge in [0.15, 0.2) is 5.05 Å². The highest BCUT2D eigenvalue weighted by Gasteiger charge is 1.90. The molecule has 0 bridgehead atoms. The number of hydrogen-bond acceptors (Lipinski definition) is 2. The van der Waals surface area contributed by atoms with E-state index < -0.39 is 0 Å². The minimum absolute atomic E-state index is 0.541. The average Bonchev–Trinajstić information content (AvgIpc) is 1.85. The Balaban J connectivity index is 3.16. The van der Waals surface area contributed by atoms with Gasteiger partial charge in [0, 0.05) is 6.42 Å². The van der Waals surface area contributed by atoms with Crippen molar-refractivity contribution in [3.63, 3.8) is 0 Å². The zero-order valence-electron chi connectivity index (χ0n) is 5.72. The van der Waals surface area contributed by atoms with Crippen LogP contribution in [0.1, 0.15) is 19.8 Å². The number of ether oxygens (including phenoxy) is 1. The van der Waals surface area contributed by atoms with E-state index in [1.165, 1.54) is 0 Å². The Hall–Kier alpha value is -0.370. The lowest BCUT2D eigenvalue weighted by Crippen LogP contribution is -1.99. The van der Waals surface area contributed by atoms with Crippen LogP contribution >= 0.6 is 12.2 Å². The molecule has 0 saturated heterocycles. The standard InChI is InChI=1S/C7H12OS/c1-3-5-7(9)8-6-4-2/h4H,2-3,5-6H2,1H3. The molecule has 0 aliphatic carbocycles. The Morgan fingerprint density at radius 3 is 2.89 bits per heavy atom. The van der Waals surface area contributed by atoms with Crippen molar-refractivity contribution in [1.82, 2.24) is 0 Å². The third-order valence-electron chi connectivity index (χ3n) is 0.816.